The maximum absolute atomic E-state index is 10.2. The van der Waals surface area contributed by atoms with Gasteiger partial charge in [0.1, 0.15) is 5.75 Å². The predicted molar refractivity (Wildman–Crippen MR) is 63.4 cm³/mol. The molecule has 0 saturated heterocycles. The van der Waals surface area contributed by atoms with E-state index in [2.05, 4.69) is 9.99 Å². The topological polar surface area (TPSA) is 68.1 Å². The lowest BCUT2D eigenvalue weighted by Gasteiger charge is -2.09. The number of rotatable bonds is 6. The lowest BCUT2D eigenvalue weighted by Crippen LogP contribution is -2.05. The van der Waals surface area contributed by atoms with Gasteiger partial charge in [0.05, 0.1) is 12.3 Å². The first kappa shape index (κ1) is 13.0. The molecule has 1 N–H and O–H groups in total. The lowest BCUT2D eigenvalue weighted by molar-refractivity contribution is -0.142. The monoisotopic (exact) mass is 237 g/mol. The summed E-state index contributed by atoms with van der Waals surface area (Å²) in [6, 6.07) is 7.29. The van der Waals surface area contributed by atoms with Crippen molar-refractivity contribution in [1.82, 2.24) is 0 Å². The molecule has 0 fully saturated rings. The average Bonchev–Trinajstić information content (AvgIpc) is 2.24. The second kappa shape index (κ2) is 6.52. The molecule has 5 heteroatoms. The molecular formula is C12H15NO4. The molecule has 92 valence electrons. The molecule has 1 aromatic carbocycles. The van der Waals surface area contributed by atoms with Crippen molar-refractivity contribution in [2.75, 3.05) is 6.61 Å². The summed E-state index contributed by atoms with van der Waals surface area (Å²) in [5, 5.41) is 11.9. The number of hydrogen-bond donors (Lipinski definition) is 1. The maximum atomic E-state index is 10.2. The second-order valence-electron chi connectivity index (χ2n) is 3.64. The third-order valence-corrected chi connectivity index (χ3v) is 1.69. The van der Waals surface area contributed by atoms with Crippen molar-refractivity contribution in [3.05, 3.63) is 29.8 Å². The Bertz CT molecular complexity index is 401. The lowest BCUT2D eigenvalue weighted by atomic mass is 10.2. The fraction of sp³-hybridized carbons (Fsp3) is 0.333. The summed E-state index contributed by atoms with van der Waals surface area (Å²) in [5.41, 5.74) is 0.786. The van der Waals surface area contributed by atoms with Crippen molar-refractivity contribution in [2.24, 2.45) is 5.16 Å². The van der Waals surface area contributed by atoms with E-state index < -0.39 is 12.6 Å². The summed E-state index contributed by atoms with van der Waals surface area (Å²) in [5.74, 6) is -0.318. The molecule has 5 nitrogen and oxygen atoms in total. The van der Waals surface area contributed by atoms with E-state index in [1.165, 1.54) is 6.21 Å². The minimum atomic E-state index is -1.06. The van der Waals surface area contributed by atoms with E-state index >= 15 is 0 Å². The third-order valence-electron chi connectivity index (χ3n) is 1.69. The van der Waals surface area contributed by atoms with Crippen LogP contribution in [0.5, 0.6) is 5.75 Å². The molecule has 1 aromatic rings. The minimum Gasteiger partial charge on any atom is -0.491 e. The standard InChI is InChI=1S/C12H15NO4/c1-9(2)17-11-5-3-4-10(6-11)7-13-16-8-12(14)15/h3-7,9H,8H2,1-2H3,(H,14,15). The summed E-state index contributed by atoms with van der Waals surface area (Å²) in [4.78, 5) is 14.7. The van der Waals surface area contributed by atoms with Crippen LogP contribution in [-0.2, 0) is 9.63 Å². The van der Waals surface area contributed by atoms with Crippen molar-refractivity contribution < 1.29 is 19.5 Å². The summed E-state index contributed by atoms with van der Waals surface area (Å²) in [6.45, 7) is 3.44. The molecule has 0 aliphatic carbocycles. The van der Waals surface area contributed by atoms with Gasteiger partial charge in [-0.1, -0.05) is 17.3 Å². The van der Waals surface area contributed by atoms with Gasteiger partial charge in [0.2, 0.25) is 6.61 Å². The van der Waals surface area contributed by atoms with Crippen molar-refractivity contribution in [1.29, 1.82) is 0 Å². The van der Waals surface area contributed by atoms with Crippen LogP contribution in [0.2, 0.25) is 0 Å². The first-order valence-electron chi connectivity index (χ1n) is 5.22. The Kier molecular flexibility index (Phi) is 5.00. The highest BCUT2D eigenvalue weighted by Crippen LogP contribution is 2.13. The van der Waals surface area contributed by atoms with E-state index in [9.17, 15) is 4.79 Å². The molecule has 0 atom stereocenters. The SMILES string of the molecule is CC(C)Oc1cccc(C=NOCC(=O)O)c1. The number of aliphatic carboxylic acids is 1. The van der Waals surface area contributed by atoms with Gasteiger partial charge in [0.25, 0.3) is 0 Å². The summed E-state index contributed by atoms with van der Waals surface area (Å²) >= 11 is 0. The van der Waals surface area contributed by atoms with Crippen LogP contribution in [0.1, 0.15) is 19.4 Å². The Labute approximate surface area is 99.7 Å². The molecule has 0 amide bonds. The number of benzene rings is 1. The number of hydrogen-bond acceptors (Lipinski definition) is 4. The zero-order chi connectivity index (χ0) is 12.7. The molecule has 0 radical (unpaired) electrons. The Morgan fingerprint density at radius 1 is 1.53 bits per heavy atom. The highest BCUT2D eigenvalue weighted by molar-refractivity contribution is 5.79. The molecule has 0 aromatic heterocycles. The van der Waals surface area contributed by atoms with E-state index in [4.69, 9.17) is 9.84 Å². The van der Waals surface area contributed by atoms with E-state index in [1.54, 1.807) is 6.07 Å². The van der Waals surface area contributed by atoms with Crippen LogP contribution in [0.4, 0.5) is 0 Å². The number of carbonyl (C=O) groups is 1. The van der Waals surface area contributed by atoms with E-state index in [1.807, 2.05) is 32.0 Å². The molecule has 1 rings (SSSR count). The Balaban J connectivity index is 2.56. The van der Waals surface area contributed by atoms with Gasteiger partial charge in [0.15, 0.2) is 0 Å². The normalized spacial score (nSPS) is 10.8. The molecule has 0 bridgehead atoms. The maximum Gasteiger partial charge on any atom is 0.344 e. The van der Waals surface area contributed by atoms with Crippen molar-refractivity contribution in [3.63, 3.8) is 0 Å². The zero-order valence-corrected chi connectivity index (χ0v) is 9.79. The van der Waals surface area contributed by atoms with Gasteiger partial charge in [0, 0.05) is 0 Å². The minimum absolute atomic E-state index is 0.102. The molecule has 0 aliphatic rings. The van der Waals surface area contributed by atoms with E-state index in [0.29, 0.717) is 0 Å². The Hall–Kier alpha value is -2.04. The fourth-order valence-corrected chi connectivity index (χ4v) is 1.13. The van der Waals surface area contributed by atoms with Gasteiger partial charge in [-0.15, -0.1) is 0 Å². The number of carboxylic acids is 1. The summed E-state index contributed by atoms with van der Waals surface area (Å²) < 4.78 is 5.50. The fourth-order valence-electron chi connectivity index (χ4n) is 1.13. The first-order valence-corrected chi connectivity index (χ1v) is 5.22. The Morgan fingerprint density at radius 3 is 2.94 bits per heavy atom. The molecule has 17 heavy (non-hydrogen) atoms. The van der Waals surface area contributed by atoms with Gasteiger partial charge < -0.3 is 14.7 Å². The largest absolute Gasteiger partial charge is 0.491 e. The van der Waals surface area contributed by atoms with E-state index in [-0.39, 0.29) is 6.10 Å². The molecule has 0 unspecified atom stereocenters. The number of nitrogens with zero attached hydrogens (tertiary/aromatic N) is 1. The van der Waals surface area contributed by atoms with Crippen LogP contribution in [0.15, 0.2) is 29.4 Å². The van der Waals surface area contributed by atoms with Gasteiger partial charge in [-0.05, 0) is 31.5 Å². The second-order valence-corrected chi connectivity index (χ2v) is 3.64. The predicted octanol–water partition coefficient (Wildman–Crippen LogP) is 1.91. The zero-order valence-electron chi connectivity index (χ0n) is 9.79. The molecule has 0 spiro atoms. The average molecular weight is 237 g/mol. The third kappa shape index (κ3) is 5.55. The van der Waals surface area contributed by atoms with Crippen molar-refractivity contribution >= 4 is 12.2 Å². The van der Waals surface area contributed by atoms with Gasteiger partial charge in [-0.2, -0.15) is 0 Å². The highest BCUT2D eigenvalue weighted by Gasteiger charge is 1.98. The Morgan fingerprint density at radius 2 is 2.29 bits per heavy atom. The first-order chi connectivity index (χ1) is 8.08. The molecule has 0 saturated carbocycles. The van der Waals surface area contributed by atoms with Crippen LogP contribution in [0.3, 0.4) is 0 Å². The van der Waals surface area contributed by atoms with Crippen LogP contribution in [0, 0.1) is 0 Å². The van der Waals surface area contributed by atoms with Crippen LogP contribution < -0.4 is 4.74 Å². The van der Waals surface area contributed by atoms with E-state index in [0.717, 1.165) is 11.3 Å². The highest BCUT2D eigenvalue weighted by atomic mass is 16.6. The number of oxime groups is 1. The van der Waals surface area contributed by atoms with Crippen molar-refractivity contribution in [2.45, 2.75) is 20.0 Å². The van der Waals surface area contributed by atoms with Crippen LogP contribution in [-0.4, -0.2) is 30.0 Å². The van der Waals surface area contributed by atoms with Gasteiger partial charge >= 0.3 is 5.97 Å². The summed E-state index contributed by atoms with van der Waals surface area (Å²) in [7, 11) is 0. The molecule has 0 heterocycles. The summed E-state index contributed by atoms with van der Waals surface area (Å²) in [6.07, 6.45) is 1.54. The molecule has 0 aliphatic heterocycles. The number of carboxylic acid groups (broad SMARTS) is 1. The van der Waals surface area contributed by atoms with Crippen LogP contribution in [0.25, 0.3) is 0 Å². The quantitative estimate of drug-likeness (QED) is 0.606. The van der Waals surface area contributed by atoms with Gasteiger partial charge in [-0.3, -0.25) is 0 Å². The smallest absolute Gasteiger partial charge is 0.344 e. The number of ether oxygens (including phenoxy) is 1. The van der Waals surface area contributed by atoms with Crippen molar-refractivity contribution in [3.8, 4) is 5.75 Å². The molecular weight excluding hydrogens is 222 g/mol. The van der Waals surface area contributed by atoms with Gasteiger partial charge in [-0.25, -0.2) is 4.79 Å². The van der Waals surface area contributed by atoms with Crippen LogP contribution >= 0.6 is 0 Å².